The Labute approximate surface area is 91.8 Å². The standard InChI is InChI=1S/C11H10O5/c1-10-9(12)7-13-11(14-10,16-15-10)8-5-3-2-4-6-8/h2-6H,7H2,1H3/t10-,11+/m1/s1. The number of carbonyl (C=O) groups excluding carboxylic acids is 1. The lowest BCUT2D eigenvalue weighted by molar-refractivity contribution is -0.420. The smallest absolute Gasteiger partial charge is 0.313 e. The van der Waals surface area contributed by atoms with E-state index in [0.717, 1.165) is 0 Å². The molecule has 2 bridgehead atoms. The summed E-state index contributed by atoms with van der Waals surface area (Å²) in [6.07, 6.45) is 0. The van der Waals surface area contributed by atoms with Gasteiger partial charge in [-0.15, -0.1) is 0 Å². The van der Waals surface area contributed by atoms with Gasteiger partial charge in [0.25, 0.3) is 5.79 Å². The average molecular weight is 222 g/mol. The molecule has 0 N–H and O–H groups in total. The molecule has 5 nitrogen and oxygen atoms in total. The SMILES string of the molecule is C[C@@]12OO[C@@](c3ccccc3)(OCC1=O)O2. The first-order valence-corrected chi connectivity index (χ1v) is 4.94. The second kappa shape index (κ2) is 3.11. The third kappa shape index (κ3) is 1.23. The summed E-state index contributed by atoms with van der Waals surface area (Å²) in [6.45, 7) is 1.42. The van der Waals surface area contributed by atoms with Gasteiger partial charge >= 0.3 is 5.97 Å². The molecule has 84 valence electrons. The molecule has 2 saturated heterocycles. The van der Waals surface area contributed by atoms with Gasteiger partial charge in [-0.25, -0.2) is 0 Å². The summed E-state index contributed by atoms with van der Waals surface area (Å²) in [4.78, 5) is 21.5. The molecular formula is C11H10O5. The summed E-state index contributed by atoms with van der Waals surface area (Å²) >= 11 is 0. The van der Waals surface area contributed by atoms with Crippen LogP contribution in [0.5, 0.6) is 0 Å². The van der Waals surface area contributed by atoms with Crippen LogP contribution >= 0.6 is 0 Å². The Morgan fingerprint density at radius 2 is 1.94 bits per heavy atom. The zero-order valence-electron chi connectivity index (χ0n) is 8.64. The summed E-state index contributed by atoms with van der Waals surface area (Å²) < 4.78 is 10.8. The van der Waals surface area contributed by atoms with E-state index in [4.69, 9.17) is 19.2 Å². The lowest BCUT2D eigenvalue weighted by Crippen LogP contribution is -2.48. The van der Waals surface area contributed by atoms with Crippen LogP contribution in [0, 0.1) is 0 Å². The molecule has 16 heavy (non-hydrogen) atoms. The van der Waals surface area contributed by atoms with Crippen molar-refractivity contribution < 1.29 is 24.0 Å². The van der Waals surface area contributed by atoms with Crippen molar-refractivity contribution in [3.8, 4) is 0 Å². The Hall–Kier alpha value is -1.27. The van der Waals surface area contributed by atoms with E-state index in [1.165, 1.54) is 6.92 Å². The minimum Gasteiger partial charge on any atom is -0.313 e. The van der Waals surface area contributed by atoms with Crippen LogP contribution in [0.25, 0.3) is 0 Å². The van der Waals surface area contributed by atoms with Gasteiger partial charge in [0.05, 0.1) is 0 Å². The quantitative estimate of drug-likeness (QED) is 0.666. The predicted octanol–water partition coefficient (Wildman–Crippen LogP) is 1.09. The van der Waals surface area contributed by atoms with Crippen molar-refractivity contribution in [2.24, 2.45) is 0 Å². The predicted molar refractivity (Wildman–Crippen MR) is 50.7 cm³/mol. The molecule has 0 aromatic heterocycles. The Morgan fingerprint density at radius 1 is 1.19 bits per heavy atom. The monoisotopic (exact) mass is 222 g/mol. The highest BCUT2D eigenvalue weighted by Crippen LogP contribution is 2.44. The summed E-state index contributed by atoms with van der Waals surface area (Å²) in [5.74, 6) is -3.07. The van der Waals surface area contributed by atoms with Crippen LogP contribution < -0.4 is 0 Å². The maximum absolute atomic E-state index is 11.5. The maximum atomic E-state index is 11.5. The average Bonchev–Trinajstić information content (AvgIpc) is 2.62. The number of ether oxygens (including phenoxy) is 2. The maximum Gasteiger partial charge on any atom is 0.343 e. The third-order valence-corrected chi connectivity index (χ3v) is 2.67. The van der Waals surface area contributed by atoms with Crippen molar-refractivity contribution in [1.29, 1.82) is 0 Å². The van der Waals surface area contributed by atoms with Crippen molar-refractivity contribution in [1.82, 2.24) is 0 Å². The molecule has 2 atom stereocenters. The number of Topliss-reactive ketones (excluding diaryl/α,β-unsaturated/α-hetero) is 1. The van der Waals surface area contributed by atoms with Crippen molar-refractivity contribution in [2.45, 2.75) is 18.7 Å². The van der Waals surface area contributed by atoms with Crippen LogP contribution in [-0.2, 0) is 30.0 Å². The zero-order chi connectivity index (χ0) is 11.2. The van der Waals surface area contributed by atoms with E-state index in [1.807, 2.05) is 18.2 Å². The van der Waals surface area contributed by atoms with Gasteiger partial charge in [-0.1, -0.05) is 30.3 Å². The summed E-state index contributed by atoms with van der Waals surface area (Å²) in [7, 11) is 0. The van der Waals surface area contributed by atoms with Crippen molar-refractivity contribution >= 4 is 5.78 Å². The lowest BCUT2D eigenvalue weighted by Gasteiger charge is -2.31. The van der Waals surface area contributed by atoms with Crippen molar-refractivity contribution in [3.05, 3.63) is 35.9 Å². The minimum absolute atomic E-state index is 0.0919. The summed E-state index contributed by atoms with van der Waals surface area (Å²) in [5, 5.41) is 0. The van der Waals surface area contributed by atoms with E-state index in [1.54, 1.807) is 12.1 Å². The van der Waals surface area contributed by atoms with Gasteiger partial charge in [-0.05, 0) is 0 Å². The molecule has 1 aromatic rings. The van der Waals surface area contributed by atoms with Crippen molar-refractivity contribution in [3.63, 3.8) is 0 Å². The number of benzene rings is 1. The van der Waals surface area contributed by atoms with Gasteiger partial charge < -0.3 is 4.74 Å². The highest BCUT2D eigenvalue weighted by atomic mass is 17.3. The van der Waals surface area contributed by atoms with Crippen LogP contribution in [0.4, 0.5) is 0 Å². The van der Waals surface area contributed by atoms with Gasteiger partial charge in [-0.2, -0.15) is 9.78 Å². The van der Waals surface area contributed by atoms with Crippen LogP contribution in [0.2, 0.25) is 0 Å². The molecule has 0 amide bonds. The zero-order valence-corrected chi connectivity index (χ0v) is 8.64. The highest BCUT2D eigenvalue weighted by molar-refractivity contribution is 5.87. The summed E-state index contributed by atoms with van der Waals surface area (Å²) in [6, 6.07) is 9.08. The Balaban J connectivity index is 2.01. The highest BCUT2D eigenvalue weighted by Gasteiger charge is 2.60. The number of fused-ring (bicyclic) bond motifs is 2. The van der Waals surface area contributed by atoms with E-state index in [2.05, 4.69) is 0 Å². The van der Waals surface area contributed by atoms with E-state index in [9.17, 15) is 4.79 Å². The van der Waals surface area contributed by atoms with Crippen LogP contribution in [-0.4, -0.2) is 18.2 Å². The van der Waals surface area contributed by atoms with Gasteiger partial charge in [-0.3, -0.25) is 9.53 Å². The molecular weight excluding hydrogens is 212 g/mol. The molecule has 0 spiro atoms. The first-order chi connectivity index (χ1) is 7.65. The van der Waals surface area contributed by atoms with E-state index >= 15 is 0 Å². The number of ketones is 1. The topological polar surface area (TPSA) is 54.0 Å². The molecule has 2 aliphatic rings. The Bertz CT molecular complexity index is 431. The first kappa shape index (κ1) is 9.92. The van der Waals surface area contributed by atoms with Gasteiger partial charge in [0, 0.05) is 12.5 Å². The molecule has 0 saturated carbocycles. The van der Waals surface area contributed by atoms with Crippen molar-refractivity contribution in [2.75, 3.05) is 6.61 Å². The molecule has 2 aliphatic heterocycles. The van der Waals surface area contributed by atoms with Crippen LogP contribution in [0.3, 0.4) is 0 Å². The van der Waals surface area contributed by atoms with Crippen LogP contribution in [0.15, 0.2) is 30.3 Å². The Kier molecular flexibility index (Phi) is 1.93. The number of hydrogen-bond donors (Lipinski definition) is 0. The third-order valence-electron chi connectivity index (χ3n) is 2.67. The minimum atomic E-state index is -1.41. The van der Waals surface area contributed by atoms with E-state index in [-0.39, 0.29) is 12.4 Å². The second-order valence-electron chi connectivity index (χ2n) is 3.85. The fraction of sp³-hybridized carbons (Fsp3) is 0.364. The fourth-order valence-corrected chi connectivity index (χ4v) is 1.71. The normalized spacial score (nSPS) is 37.7. The molecule has 1 aromatic carbocycles. The number of carbonyl (C=O) groups is 1. The molecule has 5 heteroatoms. The largest absolute Gasteiger partial charge is 0.343 e. The summed E-state index contributed by atoms with van der Waals surface area (Å²) in [5.41, 5.74) is 0.659. The van der Waals surface area contributed by atoms with Gasteiger partial charge in [0.2, 0.25) is 5.78 Å². The van der Waals surface area contributed by atoms with E-state index in [0.29, 0.717) is 5.56 Å². The molecule has 0 unspecified atom stereocenters. The van der Waals surface area contributed by atoms with Gasteiger partial charge in [0.15, 0.2) is 0 Å². The first-order valence-electron chi connectivity index (χ1n) is 4.94. The molecule has 2 heterocycles. The second-order valence-corrected chi connectivity index (χ2v) is 3.85. The Morgan fingerprint density at radius 3 is 2.69 bits per heavy atom. The van der Waals surface area contributed by atoms with Crippen LogP contribution in [0.1, 0.15) is 12.5 Å². The number of rotatable bonds is 1. The molecule has 2 fully saturated rings. The molecule has 0 radical (unpaired) electrons. The molecule has 0 aliphatic carbocycles. The fourth-order valence-electron chi connectivity index (χ4n) is 1.71. The molecule has 3 rings (SSSR count). The lowest BCUT2D eigenvalue weighted by atomic mass is 10.1. The van der Waals surface area contributed by atoms with Gasteiger partial charge in [0.1, 0.15) is 6.61 Å². The van der Waals surface area contributed by atoms with E-state index < -0.39 is 11.8 Å². The number of hydrogen-bond acceptors (Lipinski definition) is 5.